The normalized spacial score (nSPS) is 28.4. The molecule has 1 heterocycles. The summed E-state index contributed by atoms with van der Waals surface area (Å²) in [6, 6.07) is 5.74. The van der Waals surface area contributed by atoms with Crippen molar-refractivity contribution in [1.82, 2.24) is 5.32 Å². The monoisotopic (exact) mass is 273 g/mol. The number of aliphatic hydroxyl groups excluding tert-OH is 1. The fraction of sp³-hybridized carbons (Fsp3) is 0.571. The van der Waals surface area contributed by atoms with Crippen molar-refractivity contribution in [2.75, 3.05) is 13.2 Å². The van der Waals surface area contributed by atoms with E-state index in [0.717, 1.165) is 6.07 Å². The van der Waals surface area contributed by atoms with Crippen molar-refractivity contribution in [3.63, 3.8) is 0 Å². The van der Waals surface area contributed by atoms with Crippen molar-refractivity contribution < 1.29 is 18.3 Å². The SMILES string of the molecule is CC1(CO)CC(c2ccccc2C(F)(F)F)CCN1. The minimum absolute atomic E-state index is 0.0717. The first-order chi connectivity index (χ1) is 8.86. The van der Waals surface area contributed by atoms with Crippen molar-refractivity contribution in [2.24, 2.45) is 0 Å². The molecule has 5 heteroatoms. The zero-order valence-corrected chi connectivity index (χ0v) is 10.8. The minimum atomic E-state index is -4.32. The first-order valence-corrected chi connectivity index (χ1v) is 6.38. The van der Waals surface area contributed by atoms with Crippen LogP contribution in [0.4, 0.5) is 13.2 Å². The Hall–Kier alpha value is -1.07. The van der Waals surface area contributed by atoms with Gasteiger partial charge in [0.1, 0.15) is 0 Å². The second kappa shape index (κ2) is 5.13. The fourth-order valence-corrected chi connectivity index (χ4v) is 2.76. The van der Waals surface area contributed by atoms with Gasteiger partial charge < -0.3 is 10.4 Å². The lowest BCUT2D eigenvalue weighted by molar-refractivity contribution is -0.138. The largest absolute Gasteiger partial charge is 0.416 e. The third kappa shape index (κ3) is 3.09. The Morgan fingerprint density at radius 1 is 1.37 bits per heavy atom. The molecular formula is C14H18F3NO. The number of alkyl halides is 3. The Balaban J connectivity index is 2.32. The molecule has 0 amide bonds. The van der Waals surface area contributed by atoms with Gasteiger partial charge >= 0.3 is 6.18 Å². The van der Waals surface area contributed by atoms with E-state index >= 15 is 0 Å². The first-order valence-electron chi connectivity index (χ1n) is 6.38. The second-order valence-electron chi connectivity index (χ2n) is 5.42. The van der Waals surface area contributed by atoms with Crippen molar-refractivity contribution >= 4 is 0 Å². The standard InChI is InChI=1S/C14H18F3NO/c1-13(9-19)8-10(6-7-18-13)11-4-2-3-5-12(11)14(15,16)17/h2-5,10,18-19H,6-9H2,1H3. The molecule has 0 bridgehead atoms. The van der Waals surface area contributed by atoms with Crippen molar-refractivity contribution in [1.29, 1.82) is 0 Å². The zero-order valence-electron chi connectivity index (χ0n) is 10.8. The summed E-state index contributed by atoms with van der Waals surface area (Å²) in [5.74, 6) is -0.170. The van der Waals surface area contributed by atoms with E-state index in [1.807, 2.05) is 6.92 Å². The van der Waals surface area contributed by atoms with Crippen LogP contribution in [0.5, 0.6) is 0 Å². The fourth-order valence-electron chi connectivity index (χ4n) is 2.76. The summed E-state index contributed by atoms with van der Waals surface area (Å²) in [4.78, 5) is 0. The Labute approximate surface area is 110 Å². The summed E-state index contributed by atoms with van der Waals surface area (Å²) in [5, 5.41) is 12.5. The Morgan fingerprint density at radius 3 is 2.68 bits per heavy atom. The number of piperidine rings is 1. The molecule has 2 rings (SSSR count). The molecule has 0 aromatic heterocycles. The molecule has 1 aliphatic rings. The van der Waals surface area contributed by atoms with Gasteiger partial charge in [-0.1, -0.05) is 18.2 Å². The number of rotatable bonds is 2. The molecule has 1 saturated heterocycles. The smallest absolute Gasteiger partial charge is 0.394 e. The maximum Gasteiger partial charge on any atom is 0.416 e. The van der Waals surface area contributed by atoms with Crippen LogP contribution in [0, 0.1) is 0 Å². The van der Waals surface area contributed by atoms with Crippen LogP contribution in [0.1, 0.15) is 36.8 Å². The molecule has 0 radical (unpaired) electrons. The summed E-state index contributed by atoms with van der Waals surface area (Å²) >= 11 is 0. The van der Waals surface area contributed by atoms with Gasteiger partial charge in [-0.3, -0.25) is 0 Å². The minimum Gasteiger partial charge on any atom is -0.394 e. The van der Waals surface area contributed by atoms with Crippen LogP contribution in [0.3, 0.4) is 0 Å². The van der Waals surface area contributed by atoms with Crippen molar-refractivity contribution in [3.8, 4) is 0 Å². The number of benzene rings is 1. The number of hydrogen-bond acceptors (Lipinski definition) is 2. The van der Waals surface area contributed by atoms with Gasteiger partial charge in [-0.25, -0.2) is 0 Å². The van der Waals surface area contributed by atoms with Crippen LogP contribution >= 0.6 is 0 Å². The summed E-state index contributed by atoms with van der Waals surface area (Å²) in [6.07, 6.45) is -3.16. The van der Waals surface area contributed by atoms with Gasteiger partial charge in [0.15, 0.2) is 0 Å². The molecule has 2 unspecified atom stereocenters. The van der Waals surface area contributed by atoms with Gasteiger partial charge in [-0.05, 0) is 43.9 Å². The first kappa shape index (κ1) is 14.3. The quantitative estimate of drug-likeness (QED) is 0.868. The number of aliphatic hydroxyl groups is 1. The van der Waals surface area contributed by atoms with E-state index in [-0.39, 0.29) is 12.5 Å². The second-order valence-corrected chi connectivity index (χ2v) is 5.42. The van der Waals surface area contributed by atoms with Crippen LogP contribution in [0.2, 0.25) is 0 Å². The molecule has 1 aromatic rings. The van der Waals surface area contributed by atoms with E-state index < -0.39 is 17.3 Å². The molecule has 1 fully saturated rings. The molecule has 19 heavy (non-hydrogen) atoms. The Bertz CT molecular complexity index is 447. The van der Waals surface area contributed by atoms with Crippen molar-refractivity contribution in [3.05, 3.63) is 35.4 Å². The van der Waals surface area contributed by atoms with Crippen LogP contribution in [0.15, 0.2) is 24.3 Å². The van der Waals surface area contributed by atoms with Crippen LogP contribution in [-0.2, 0) is 6.18 Å². The van der Waals surface area contributed by atoms with E-state index in [2.05, 4.69) is 5.32 Å². The highest BCUT2D eigenvalue weighted by Gasteiger charge is 2.38. The highest BCUT2D eigenvalue weighted by molar-refractivity contribution is 5.33. The van der Waals surface area contributed by atoms with E-state index in [1.165, 1.54) is 6.07 Å². The lowest BCUT2D eigenvalue weighted by atomic mass is 9.78. The molecule has 0 spiro atoms. The van der Waals surface area contributed by atoms with Gasteiger partial charge in [0.05, 0.1) is 12.2 Å². The van der Waals surface area contributed by atoms with E-state index in [1.54, 1.807) is 12.1 Å². The molecule has 2 nitrogen and oxygen atoms in total. The van der Waals surface area contributed by atoms with Crippen molar-refractivity contribution in [2.45, 2.75) is 37.4 Å². The summed E-state index contributed by atoms with van der Waals surface area (Å²) in [5.41, 5.74) is -0.708. The molecule has 2 atom stereocenters. The topological polar surface area (TPSA) is 32.3 Å². The van der Waals surface area contributed by atoms with E-state index in [9.17, 15) is 18.3 Å². The van der Waals surface area contributed by atoms with Crippen LogP contribution in [-0.4, -0.2) is 23.8 Å². The average Bonchev–Trinajstić information content (AvgIpc) is 2.38. The molecule has 2 N–H and O–H groups in total. The maximum absolute atomic E-state index is 13.0. The van der Waals surface area contributed by atoms with E-state index in [4.69, 9.17) is 0 Å². The number of hydrogen-bond donors (Lipinski definition) is 2. The van der Waals surface area contributed by atoms with Gasteiger partial charge in [0, 0.05) is 5.54 Å². The highest BCUT2D eigenvalue weighted by Crippen LogP contribution is 2.40. The molecule has 1 aliphatic heterocycles. The van der Waals surface area contributed by atoms with Crippen LogP contribution in [0.25, 0.3) is 0 Å². The molecule has 1 aromatic carbocycles. The number of halogens is 3. The van der Waals surface area contributed by atoms with Gasteiger partial charge in [-0.2, -0.15) is 13.2 Å². The van der Waals surface area contributed by atoms with Gasteiger partial charge in [0.25, 0.3) is 0 Å². The lowest BCUT2D eigenvalue weighted by Gasteiger charge is -2.38. The Kier molecular flexibility index (Phi) is 3.87. The van der Waals surface area contributed by atoms with Crippen LogP contribution < -0.4 is 5.32 Å². The summed E-state index contributed by atoms with van der Waals surface area (Å²) in [7, 11) is 0. The summed E-state index contributed by atoms with van der Waals surface area (Å²) in [6.45, 7) is 2.39. The predicted octanol–water partition coefficient (Wildman–Crippen LogP) is 2.92. The maximum atomic E-state index is 13.0. The number of nitrogens with one attached hydrogen (secondary N) is 1. The highest BCUT2D eigenvalue weighted by atomic mass is 19.4. The lowest BCUT2D eigenvalue weighted by Crippen LogP contribution is -2.51. The van der Waals surface area contributed by atoms with Gasteiger partial charge in [-0.15, -0.1) is 0 Å². The van der Waals surface area contributed by atoms with Gasteiger partial charge in [0.2, 0.25) is 0 Å². The molecular weight excluding hydrogens is 255 g/mol. The molecule has 0 aliphatic carbocycles. The Morgan fingerprint density at radius 2 is 2.05 bits per heavy atom. The molecule has 106 valence electrons. The molecule has 0 saturated carbocycles. The third-order valence-electron chi connectivity index (χ3n) is 3.80. The third-order valence-corrected chi connectivity index (χ3v) is 3.80. The predicted molar refractivity (Wildman–Crippen MR) is 66.9 cm³/mol. The zero-order chi connectivity index (χ0) is 14.1. The summed E-state index contributed by atoms with van der Waals surface area (Å²) < 4.78 is 39.0. The van der Waals surface area contributed by atoms with E-state index in [0.29, 0.717) is 24.9 Å². The average molecular weight is 273 g/mol.